The number of H-pyrrole nitrogens is 1. The molecule has 1 atom stereocenters. The van der Waals surface area contributed by atoms with Crippen LogP contribution in [-0.2, 0) is 17.7 Å². The fourth-order valence-corrected chi connectivity index (χ4v) is 3.43. The molecule has 1 aliphatic heterocycles. The third kappa shape index (κ3) is 3.35. The Kier molecular flexibility index (Phi) is 4.32. The van der Waals surface area contributed by atoms with Gasteiger partial charge in [-0.1, -0.05) is 30.3 Å². The maximum absolute atomic E-state index is 13.0. The van der Waals surface area contributed by atoms with Gasteiger partial charge in [0.15, 0.2) is 0 Å². The number of fused-ring (bicyclic) bond motifs is 1. The van der Waals surface area contributed by atoms with Crippen LogP contribution in [0.15, 0.2) is 54.7 Å². The Morgan fingerprint density at radius 2 is 1.96 bits per heavy atom. The largest absolute Gasteiger partial charge is 0.375 e. The van der Waals surface area contributed by atoms with E-state index in [-0.39, 0.29) is 11.9 Å². The monoisotopic (exact) mass is 324 g/mol. The van der Waals surface area contributed by atoms with Gasteiger partial charge in [-0.2, -0.15) is 0 Å². The number of ether oxygens (including phenoxy) is 1. The van der Waals surface area contributed by atoms with E-state index in [1.165, 1.54) is 28.6 Å². The molecule has 124 valence electrons. The molecule has 24 heavy (non-hydrogen) atoms. The molecular weight excluding hydrogens is 303 g/mol. The van der Waals surface area contributed by atoms with Crippen LogP contribution >= 0.6 is 0 Å². The minimum absolute atomic E-state index is 0.161. The zero-order valence-corrected chi connectivity index (χ0v) is 13.5. The molecule has 4 heteroatoms. The average molecular weight is 324 g/mol. The Morgan fingerprint density at radius 1 is 1.12 bits per heavy atom. The van der Waals surface area contributed by atoms with Gasteiger partial charge in [0.05, 0.1) is 12.7 Å². The molecule has 1 N–H and O–H groups in total. The van der Waals surface area contributed by atoms with Crippen molar-refractivity contribution in [2.75, 3.05) is 19.7 Å². The highest BCUT2D eigenvalue weighted by molar-refractivity contribution is 5.82. The first-order valence-electron chi connectivity index (χ1n) is 8.41. The number of morpholine rings is 1. The summed E-state index contributed by atoms with van der Waals surface area (Å²) in [6.07, 6.45) is 3.09. The van der Waals surface area contributed by atoms with Crippen molar-refractivity contribution in [1.29, 1.82) is 0 Å². The van der Waals surface area contributed by atoms with Crippen molar-refractivity contribution in [3.8, 4) is 0 Å². The van der Waals surface area contributed by atoms with Gasteiger partial charge in [0.1, 0.15) is 5.82 Å². The maximum Gasteiger partial charge on any atom is 0.123 e. The van der Waals surface area contributed by atoms with Gasteiger partial charge in [-0.15, -0.1) is 0 Å². The lowest BCUT2D eigenvalue weighted by atomic mass is 10.1. The topological polar surface area (TPSA) is 28.3 Å². The number of rotatable bonds is 4. The van der Waals surface area contributed by atoms with Crippen molar-refractivity contribution in [2.24, 2.45) is 0 Å². The highest BCUT2D eigenvalue weighted by atomic mass is 19.1. The predicted octanol–water partition coefficient (Wildman–Crippen LogP) is 3.75. The molecule has 1 aliphatic rings. The summed E-state index contributed by atoms with van der Waals surface area (Å²) in [4.78, 5) is 5.78. The minimum atomic E-state index is -0.190. The number of nitrogens with one attached hydrogen (secondary N) is 1. The fourth-order valence-electron chi connectivity index (χ4n) is 3.43. The van der Waals surface area contributed by atoms with Crippen LogP contribution < -0.4 is 0 Å². The number of aromatic amines is 1. The van der Waals surface area contributed by atoms with Crippen molar-refractivity contribution in [3.63, 3.8) is 0 Å². The van der Waals surface area contributed by atoms with Crippen LogP contribution in [0.1, 0.15) is 11.1 Å². The molecule has 2 heterocycles. The van der Waals surface area contributed by atoms with E-state index < -0.39 is 0 Å². The third-order valence-electron chi connectivity index (χ3n) is 4.67. The number of para-hydroxylation sites is 1. The van der Waals surface area contributed by atoms with Crippen molar-refractivity contribution in [2.45, 2.75) is 19.1 Å². The van der Waals surface area contributed by atoms with Crippen LogP contribution in [0.3, 0.4) is 0 Å². The summed E-state index contributed by atoms with van der Waals surface area (Å²) in [6, 6.07) is 15.1. The van der Waals surface area contributed by atoms with Gasteiger partial charge in [-0.25, -0.2) is 4.39 Å². The van der Waals surface area contributed by atoms with E-state index in [4.69, 9.17) is 4.74 Å². The summed E-state index contributed by atoms with van der Waals surface area (Å²) in [7, 11) is 0. The second kappa shape index (κ2) is 6.75. The fraction of sp³-hybridized carbons (Fsp3) is 0.300. The number of hydrogen-bond acceptors (Lipinski definition) is 2. The van der Waals surface area contributed by atoms with Crippen LogP contribution in [0.4, 0.5) is 4.39 Å². The van der Waals surface area contributed by atoms with E-state index >= 15 is 0 Å². The summed E-state index contributed by atoms with van der Waals surface area (Å²) in [6.45, 7) is 3.51. The molecule has 1 fully saturated rings. The lowest BCUT2D eigenvalue weighted by Crippen LogP contribution is -2.42. The van der Waals surface area contributed by atoms with Gasteiger partial charge in [-0.05, 0) is 35.7 Å². The Hall–Kier alpha value is -2.17. The van der Waals surface area contributed by atoms with Gasteiger partial charge in [0, 0.05) is 36.7 Å². The predicted molar refractivity (Wildman–Crippen MR) is 93.4 cm³/mol. The molecule has 3 aromatic rings. The molecule has 1 aromatic heterocycles. The van der Waals surface area contributed by atoms with Crippen molar-refractivity contribution in [3.05, 3.63) is 71.7 Å². The lowest BCUT2D eigenvalue weighted by Gasteiger charge is -2.33. The number of benzene rings is 2. The highest BCUT2D eigenvalue weighted by Gasteiger charge is 2.21. The van der Waals surface area contributed by atoms with Crippen LogP contribution in [0.5, 0.6) is 0 Å². The zero-order chi connectivity index (χ0) is 16.4. The minimum Gasteiger partial charge on any atom is -0.375 e. The summed E-state index contributed by atoms with van der Waals surface area (Å²) in [5.74, 6) is -0.190. The Labute approximate surface area is 141 Å². The van der Waals surface area contributed by atoms with Gasteiger partial charge >= 0.3 is 0 Å². The third-order valence-corrected chi connectivity index (χ3v) is 4.67. The van der Waals surface area contributed by atoms with Crippen molar-refractivity contribution >= 4 is 10.9 Å². The van der Waals surface area contributed by atoms with Crippen molar-refractivity contribution < 1.29 is 9.13 Å². The molecule has 0 bridgehead atoms. The number of halogens is 1. The normalized spacial score (nSPS) is 19.0. The van der Waals surface area contributed by atoms with E-state index in [0.717, 1.165) is 38.2 Å². The van der Waals surface area contributed by atoms with E-state index in [1.54, 1.807) is 0 Å². The van der Waals surface area contributed by atoms with Gasteiger partial charge in [-0.3, -0.25) is 4.90 Å². The molecule has 0 radical (unpaired) electrons. The zero-order valence-electron chi connectivity index (χ0n) is 13.5. The number of nitrogens with zero attached hydrogens (tertiary/aromatic N) is 1. The molecular formula is C20H21FN2O. The molecule has 3 nitrogen and oxygen atoms in total. The smallest absolute Gasteiger partial charge is 0.123 e. The molecule has 0 spiro atoms. The number of aromatic nitrogens is 1. The van der Waals surface area contributed by atoms with Gasteiger partial charge < -0.3 is 9.72 Å². The SMILES string of the molecule is Fc1ccc(CC2CN(Cc3c[nH]c4ccccc34)CCO2)cc1. The van der Waals surface area contributed by atoms with Crippen LogP contribution in [0.25, 0.3) is 10.9 Å². The van der Waals surface area contributed by atoms with E-state index in [1.807, 2.05) is 12.1 Å². The van der Waals surface area contributed by atoms with Crippen LogP contribution in [0, 0.1) is 5.82 Å². The summed E-state index contributed by atoms with van der Waals surface area (Å²) < 4.78 is 18.9. The molecule has 2 aromatic carbocycles. The molecule has 0 aliphatic carbocycles. The maximum atomic E-state index is 13.0. The number of hydrogen-bond donors (Lipinski definition) is 1. The van der Waals surface area contributed by atoms with Gasteiger partial charge in [0.25, 0.3) is 0 Å². The Balaban J connectivity index is 1.42. The lowest BCUT2D eigenvalue weighted by molar-refractivity contribution is -0.0303. The summed E-state index contributed by atoms with van der Waals surface area (Å²) >= 11 is 0. The molecule has 1 unspecified atom stereocenters. The molecule has 1 saturated heterocycles. The van der Waals surface area contributed by atoms with Crippen molar-refractivity contribution in [1.82, 2.24) is 9.88 Å². The molecule has 4 rings (SSSR count). The van der Waals surface area contributed by atoms with Crippen LogP contribution in [-0.4, -0.2) is 35.7 Å². The first-order valence-corrected chi connectivity index (χ1v) is 8.41. The van der Waals surface area contributed by atoms with Crippen LogP contribution in [0.2, 0.25) is 0 Å². The van der Waals surface area contributed by atoms with E-state index in [0.29, 0.717) is 0 Å². The average Bonchev–Trinajstić information content (AvgIpc) is 3.01. The quantitative estimate of drug-likeness (QED) is 0.792. The first kappa shape index (κ1) is 15.4. The Bertz CT molecular complexity index is 812. The summed E-state index contributed by atoms with van der Waals surface area (Å²) in [5, 5.41) is 1.29. The standard InChI is InChI=1S/C20H21FN2O/c21-17-7-5-15(6-8-17)11-18-14-23(9-10-24-18)13-16-12-22-20-4-2-1-3-19(16)20/h1-8,12,18,22H,9-11,13-14H2. The second-order valence-corrected chi connectivity index (χ2v) is 6.42. The first-order chi connectivity index (χ1) is 11.8. The summed E-state index contributed by atoms with van der Waals surface area (Å²) in [5.41, 5.74) is 3.63. The van der Waals surface area contributed by atoms with Gasteiger partial charge in [0.2, 0.25) is 0 Å². The van der Waals surface area contributed by atoms with E-state index in [9.17, 15) is 4.39 Å². The Morgan fingerprint density at radius 3 is 2.83 bits per heavy atom. The van der Waals surface area contributed by atoms with E-state index in [2.05, 4.69) is 40.3 Å². The second-order valence-electron chi connectivity index (χ2n) is 6.42. The molecule has 0 saturated carbocycles. The molecule has 0 amide bonds. The highest BCUT2D eigenvalue weighted by Crippen LogP contribution is 2.21.